The molecule has 1 unspecified atom stereocenters. The lowest BCUT2D eigenvalue weighted by atomic mass is 10.3. The minimum Gasteiger partial charge on any atom is -0.481 e. The Labute approximate surface area is 832 Å². The number of thioether (sulfide) groups is 1. The lowest BCUT2D eigenvalue weighted by Crippen LogP contribution is -2.36. The van der Waals surface area contributed by atoms with Crippen molar-refractivity contribution in [2.45, 2.75) is 37.4 Å². The summed E-state index contributed by atoms with van der Waals surface area (Å²) in [5.74, 6) is -1.90. The molecule has 1 fully saturated rings. The molecule has 1 atom stereocenters. The van der Waals surface area contributed by atoms with Crippen LogP contribution in [0.5, 0.6) is 0 Å². The van der Waals surface area contributed by atoms with Crippen molar-refractivity contribution in [1.29, 1.82) is 0 Å². The number of nitrogens with zero attached hydrogens (tertiary/aromatic N) is 1. The Morgan fingerprint density at radius 2 is 0.343 bits per heavy atom. The van der Waals surface area contributed by atoms with E-state index in [4.69, 9.17) is 180 Å². The van der Waals surface area contributed by atoms with Crippen LogP contribution in [0, 0.1) is 0 Å². The van der Waals surface area contributed by atoms with Gasteiger partial charge in [-0.1, -0.05) is 0 Å². The molecular weight excluding hydrogens is 1890 g/mol. The number of imide groups is 1. The number of nitrogens with one attached hydrogen (secondary N) is 3. The summed E-state index contributed by atoms with van der Waals surface area (Å²) in [5.41, 5.74) is 0. The van der Waals surface area contributed by atoms with Gasteiger partial charge in [-0.2, -0.15) is 11.8 Å². The molecule has 1 aliphatic rings. The van der Waals surface area contributed by atoms with Crippen molar-refractivity contribution in [1.82, 2.24) is 20.9 Å². The normalized spacial score (nSPS) is 12.8. The third kappa shape index (κ3) is 108. The maximum absolute atomic E-state index is 12.1. The molecular formula is C91H174N4O44S. The van der Waals surface area contributed by atoms with Crippen LogP contribution in [0.15, 0.2) is 0 Å². The number of carboxylic acid groups (broad SMARTS) is 1. The van der Waals surface area contributed by atoms with Crippen molar-refractivity contribution < 1.29 is 209 Å². The van der Waals surface area contributed by atoms with Crippen LogP contribution >= 0.6 is 11.8 Å². The van der Waals surface area contributed by atoms with Crippen molar-refractivity contribution in [2.24, 2.45) is 0 Å². The SMILES string of the molecule is CSC1CC(=O)N(CCC(=O)NCCOCCOCCOCCOCCOCCOCCOCCOCCOCCOCCOCCOCCC(=O)NCCOCCC(=O)NCCOCCOCCOCCOCCOCCOCCOCCOCCOCCOCCOCCOCCOCCOCCOCCOCCOCCOCCOCCOCCOCCOCCOCCOCCC(=O)O)C1=O. The Bertz CT molecular complexity index is 2580. The van der Waals surface area contributed by atoms with Crippen LogP contribution in [0.25, 0.3) is 0 Å². The van der Waals surface area contributed by atoms with Crippen LogP contribution in [0.4, 0.5) is 0 Å². The number of carbonyl (C=O) groups is 6. The van der Waals surface area contributed by atoms with Crippen LogP contribution < -0.4 is 16.0 Å². The smallest absolute Gasteiger partial charge is 0.305 e. The topological polar surface area (TPSA) is 503 Å². The molecule has 1 saturated heterocycles. The van der Waals surface area contributed by atoms with Gasteiger partial charge in [0.05, 0.1) is 501 Å². The predicted molar refractivity (Wildman–Crippen MR) is 504 cm³/mol. The van der Waals surface area contributed by atoms with E-state index in [1.54, 1.807) is 6.26 Å². The van der Waals surface area contributed by atoms with Gasteiger partial charge < -0.3 is 196 Å². The first-order valence-electron chi connectivity index (χ1n) is 49.0. The fraction of sp³-hybridized carbons (Fsp3) is 0.934. The van der Waals surface area contributed by atoms with Gasteiger partial charge in [0, 0.05) is 51.9 Å². The number of carboxylic acids is 1. The van der Waals surface area contributed by atoms with Crippen LogP contribution in [-0.2, 0) is 204 Å². The van der Waals surface area contributed by atoms with Crippen molar-refractivity contribution >= 4 is 47.3 Å². The highest BCUT2D eigenvalue weighted by Crippen LogP contribution is 2.23. The van der Waals surface area contributed by atoms with Gasteiger partial charge in [0.1, 0.15) is 0 Å². The summed E-state index contributed by atoms with van der Waals surface area (Å²) in [5, 5.41) is 16.5. The zero-order valence-corrected chi connectivity index (χ0v) is 84.4. The first-order chi connectivity index (χ1) is 69.2. The zero-order valence-electron chi connectivity index (χ0n) is 83.6. The number of carbonyl (C=O) groups excluding carboxylic acids is 5. The van der Waals surface area contributed by atoms with Gasteiger partial charge in [-0.15, -0.1) is 0 Å². The minimum atomic E-state index is -0.884. The second-order valence-corrected chi connectivity index (χ2v) is 30.0. The minimum absolute atomic E-state index is 0.0152. The molecule has 48 nitrogen and oxygen atoms in total. The molecule has 0 radical (unpaired) electrons. The first kappa shape index (κ1) is 134. The van der Waals surface area contributed by atoms with E-state index in [1.807, 2.05) is 0 Å². The number of amides is 5. The van der Waals surface area contributed by atoms with E-state index in [2.05, 4.69) is 16.0 Å². The summed E-state index contributed by atoms with van der Waals surface area (Å²) >= 11 is 1.35. The second kappa shape index (κ2) is 117. The highest BCUT2D eigenvalue weighted by Gasteiger charge is 2.38. The molecule has 49 heteroatoms. The molecule has 0 saturated carbocycles. The van der Waals surface area contributed by atoms with Gasteiger partial charge in [0.2, 0.25) is 29.5 Å². The van der Waals surface area contributed by atoms with E-state index in [1.165, 1.54) is 11.8 Å². The number of likely N-dealkylation sites (tertiary alicyclic amines) is 1. The molecule has 0 bridgehead atoms. The van der Waals surface area contributed by atoms with Gasteiger partial charge in [-0.3, -0.25) is 33.7 Å². The summed E-state index contributed by atoms with van der Waals surface area (Å²) < 4.78 is 203. The third-order valence-corrected chi connectivity index (χ3v) is 18.7. The highest BCUT2D eigenvalue weighted by molar-refractivity contribution is 8.00. The number of hydrogen-bond donors (Lipinski definition) is 4. The molecule has 140 heavy (non-hydrogen) atoms. The summed E-state index contributed by atoms with van der Waals surface area (Å²) in [6.45, 7) is 32.9. The lowest BCUT2D eigenvalue weighted by molar-refractivity contribution is -0.140. The number of ether oxygens (including phenoxy) is 37. The Balaban J connectivity index is 1.62. The molecule has 828 valence electrons. The maximum Gasteiger partial charge on any atom is 0.305 e. The van der Waals surface area contributed by atoms with Crippen molar-refractivity contribution in [2.75, 3.05) is 521 Å². The van der Waals surface area contributed by atoms with E-state index in [0.29, 0.717) is 482 Å². The van der Waals surface area contributed by atoms with E-state index in [0.717, 1.165) is 4.90 Å². The molecule has 4 N–H and O–H groups in total. The summed E-state index contributed by atoms with van der Waals surface area (Å²) in [6.07, 6.45) is 2.43. The van der Waals surface area contributed by atoms with Crippen molar-refractivity contribution in [3.63, 3.8) is 0 Å². The molecule has 5 amide bonds. The summed E-state index contributed by atoms with van der Waals surface area (Å²) in [4.78, 5) is 71.9. The largest absolute Gasteiger partial charge is 0.481 e. The van der Waals surface area contributed by atoms with Crippen LogP contribution in [-0.4, -0.2) is 572 Å². The maximum atomic E-state index is 12.1. The molecule has 1 heterocycles. The Morgan fingerprint density at radius 1 is 0.214 bits per heavy atom. The van der Waals surface area contributed by atoms with E-state index in [-0.39, 0.29) is 99.9 Å². The first-order valence-corrected chi connectivity index (χ1v) is 50.3. The fourth-order valence-corrected chi connectivity index (χ4v) is 11.2. The molecule has 0 aromatic rings. The van der Waals surface area contributed by atoms with Crippen LogP contribution in [0.3, 0.4) is 0 Å². The molecule has 1 aliphatic heterocycles. The van der Waals surface area contributed by atoms with Crippen molar-refractivity contribution in [3.05, 3.63) is 0 Å². The standard InChI is InChI=1S/C91H174N4O44S/c1-140-85-84-89(99)95(91(85)102)9-2-86(96)92-7-14-106-18-22-110-26-30-114-34-38-118-42-46-122-50-54-126-58-56-124-52-48-120-44-40-116-36-32-112-28-24-108-20-16-104-11-4-88(98)93-6-13-103-10-3-87(97)94-8-15-107-19-23-111-27-31-115-35-39-119-43-47-123-51-55-127-59-61-129-63-65-131-67-69-133-71-73-135-75-77-137-79-81-139-83-82-138-80-78-136-76-74-134-72-70-132-68-66-130-64-62-128-60-57-125-53-49-121-45-41-117-37-33-113-29-25-109-21-17-105-12-5-90(100)101/h85H,2-84H2,1H3,(H,92,96)(H,93,98)(H,94,97)(H,100,101). The molecule has 0 aromatic carbocycles. The van der Waals surface area contributed by atoms with E-state index < -0.39 is 5.97 Å². The van der Waals surface area contributed by atoms with Crippen LogP contribution in [0.2, 0.25) is 0 Å². The Morgan fingerprint density at radius 3 is 0.486 bits per heavy atom. The molecule has 0 aliphatic carbocycles. The average Bonchev–Trinajstić information content (AvgIpc) is 1.69. The Kier molecular flexibility index (Phi) is 112. The monoisotopic (exact) mass is 2060 g/mol. The number of aliphatic carboxylic acids is 1. The van der Waals surface area contributed by atoms with E-state index in [9.17, 15) is 28.8 Å². The van der Waals surface area contributed by atoms with Crippen LogP contribution in [0.1, 0.15) is 32.1 Å². The number of hydrogen-bond acceptors (Lipinski definition) is 44. The highest BCUT2D eigenvalue weighted by atomic mass is 32.2. The lowest BCUT2D eigenvalue weighted by Gasteiger charge is -2.14. The van der Waals surface area contributed by atoms with Gasteiger partial charge in [0.25, 0.3) is 0 Å². The average molecular weight is 2060 g/mol. The quantitative estimate of drug-likeness (QED) is 0.0423. The van der Waals surface area contributed by atoms with Crippen molar-refractivity contribution in [3.8, 4) is 0 Å². The van der Waals surface area contributed by atoms with Gasteiger partial charge in [-0.25, -0.2) is 0 Å². The van der Waals surface area contributed by atoms with Gasteiger partial charge >= 0.3 is 5.97 Å². The second-order valence-electron chi connectivity index (χ2n) is 28.9. The molecule has 0 aromatic heterocycles. The predicted octanol–water partition coefficient (Wildman–Crippen LogP) is -0.915. The van der Waals surface area contributed by atoms with E-state index >= 15 is 0 Å². The molecule has 1 rings (SSSR count). The number of rotatable bonds is 124. The molecule has 0 spiro atoms. The summed E-state index contributed by atoms with van der Waals surface area (Å²) in [7, 11) is 0. The van der Waals surface area contributed by atoms with Gasteiger partial charge in [0.15, 0.2) is 0 Å². The third-order valence-electron chi connectivity index (χ3n) is 17.8. The summed E-state index contributed by atoms with van der Waals surface area (Å²) in [6, 6.07) is 0. The van der Waals surface area contributed by atoms with Gasteiger partial charge in [-0.05, 0) is 6.26 Å². The fourth-order valence-electron chi connectivity index (χ4n) is 10.6. The zero-order chi connectivity index (χ0) is 100. The Hall–Kier alpha value is -4.11.